The van der Waals surface area contributed by atoms with E-state index in [2.05, 4.69) is 10.6 Å². The molecule has 1 atom stereocenters. The standard InChI is InChI=1S/C19H26F3N3O2/c1-12(24-18(27)14-5-3-2-4-6-14)7-17(26)25-16-9-13(11-23)8-15(10-16)19(20,21)22/h8-10,12,14H,2-7,11,23H2,1H3,(H,24,27)(H,25,26). The Bertz CT molecular complexity index is 671. The summed E-state index contributed by atoms with van der Waals surface area (Å²) in [5.41, 5.74) is 4.90. The average molecular weight is 385 g/mol. The largest absolute Gasteiger partial charge is 0.416 e. The molecule has 1 aliphatic rings. The zero-order valence-electron chi connectivity index (χ0n) is 15.4. The molecule has 8 heteroatoms. The van der Waals surface area contributed by atoms with Crippen molar-refractivity contribution in [2.24, 2.45) is 11.7 Å². The van der Waals surface area contributed by atoms with Gasteiger partial charge in [-0.1, -0.05) is 19.3 Å². The van der Waals surface area contributed by atoms with E-state index in [0.29, 0.717) is 0 Å². The van der Waals surface area contributed by atoms with Gasteiger partial charge in [-0.2, -0.15) is 13.2 Å². The van der Waals surface area contributed by atoms with Crippen LogP contribution in [0.3, 0.4) is 0 Å². The van der Waals surface area contributed by atoms with Gasteiger partial charge in [-0.15, -0.1) is 0 Å². The van der Waals surface area contributed by atoms with Crippen LogP contribution >= 0.6 is 0 Å². The van der Waals surface area contributed by atoms with E-state index in [1.54, 1.807) is 6.92 Å². The van der Waals surface area contributed by atoms with Gasteiger partial charge in [0.25, 0.3) is 0 Å². The second-order valence-corrected chi connectivity index (χ2v) is 7.12. The Kier molecular flexibility index (Phi) is 7.24. The molecule has 2 amide bonds. The first-order chi connectivity index (χ1) is 12.7. The van der Waals surface area contributed by atoms with Gasteiger partial charge in [-0.05, 0) is 43.5 Å². The summed E-state index contributed by atoms with van der Waals surface area (Å²) in [6, 6.07) is 2.85. The maximum absolute atomic E-state index is 13.0. The number of carbonyl (C=O) groups excluding carboxylic acids is 2. The molecule has 5 nitrogen and oxygen atoms in total. The molecular formula is C19H26F3N3O2. The Hall–Kier alpha value is -2.09. The summed E-state index contributed by atoms with van der Waals surface area (Å²) < 4.78 is 38.9. The van der Waals surface area contributed by atoms with E-state index in [4.69, 9.17) is 5.73 Å². The molecular weight excluding hydrogens is 359 g/mol. The van der Waals surface area contributed by atoms with Crippen molar-refractivity contribution in [2.75, 3.05) is 5.32 Å². The first-order valence-electron chi connectivity index (χ1n) is 9.20. The van der Waals surface area contributed by atoms with Crippen molar-refractivity contribution < 1.29 is 22.8 Å². The molecule has 1 aromatic rings. The van der Waals surface area contributed by atoms with Crippen LogP contribution in [0.15, 0.2) is 18.2 Å². The van der Waals surface area contributed by atoms with Crippen LogP contribution in [0, 0.1) is 5.92 Å². The highest BCUT2D eigenvalue weighted by molar-refractivity contribution is 5.91. The molecule has 1 aromatic carbocycles. The molecule has 0 spiro atoms. The van der Waals surface area contributed by atoms with Crippen LogP contribution in [0.5, 0.6) is 0 Å². The van der Waals surface area contributed by atoms with Crippen molar-refractivity contribution in [3.05, 3.63) is 29.3 Å². The maximum Gasteiger partial charge on any atom is 0.416 e. The smallest absolute Gasteiger partial charge is 0.353 e. The van der Waals surface area contributed by atoms with Crippen molar-refractivity contribution in [3.8, 4) is 0 Å². The third-order valence-electron chi connectivity index (χ3n) is 4.70. The SMILES string of the molecule is CC(CC(=O)Nc1cc(CN)cc(C(F)(F)F)c1)NC(=O)C1CCCCC1. The number of hydrogen-bond donors (Lipinski definition) is 3. The minimum atomic E-state index is -4.52. The van der Waals surface area contributed by atoms with E-state index in [-0.39, 0.29) is 36.0 Å². The topological polar surface area (TPSA) is 84.2 Å². The van der Waals surface area contributed by atoms with Crippen LogP contribution in [0.2, 0.25) is 0 Å². The molecule has 0 aliphatic heterocycles. The Labute approximate surface area is 156 Å². The lowest BCUT2D eigenvalue weighted by molar-refractivity contribution is -0.137. The van der Waals surface area contributed by atoms with E-state index in [9.17, 15) is 22.8 Å². The highest BCUT2D eigenvalue weighted by Gasteiger charge is 2.31. The van der Waals surface area contributed by atoms with Gasteiger partial charge in [0.15, 0.2) is 0 Å². The van der Waals surface area contributed by atoms with Gasteiger partial charge in [0, 0.05) is 30.6 Å². The van der Waals surface area contributed by atoms with Crippen LogP contribution in [-0.4, -0.2) is 17.9 Å². The van der Waals surface area contributed by atoms with Gasteiger partial charge in [-0.3, -0.25) is 9.59 Å². The third-order valence-corrected chi connectivity index (χ3v) is 4.70. The number of halogens is 3. The Morgan fingerprint density at radius 1 is 1.19 bits per heavy atom. The highest BCUT2D eigenvalue weighted by Crippen LogP contribution is 2.32. The number of anilines is 1. The molecule has 4 N–H and O–H groups in total. The van der Waals surface area contributed by atoms with Gasteiger partial charge < -0.3 is 16.4 Å². The van der Waals surface area contributed by atoms with Gasteiger partial charge in [0.1, 0.15) is 0 Å². The second kappa shape index (κ2) is 9.21. The van der Waals surface area contributed by atoms with E-state index in [1.807, 2.05) is 0 Å². The molecule has 27 heavy (non-hydrogen) atoms. The number of nitrogens with one attached hydrogen (secondary N) is 2. The van der Waals surface area contributed by atoms with Gasteiger partial charge >= 0.3 is 6.18 Å². The lowest BCUT2D eigenvalue weighted by Gasteiger charge is -2.23. The molecule has 0 bridgehead atoms. The minimum Gasteiger partial charge on any atom is -0.353 e. The van der Waals surface area contributed by atoms with Crippen LogP contribution in [0.1, 0.15) is 56.6 Å². The maximum atomic E-state index is 13.0. The number of benzene rings is 1. The van der Waals surface area contributed by atoms with E-state index in [1.165, 1.54) is 6.07 Å². The normalized spacial score (nSPS) is 16.6. The predicted octanol–water partition coefficient (Wildman–Crippen LogP) is 3.58. The summed E-state index contributed by atoms with van der Waals surface area (Å²) in [7, 11) is 0. The Morgan fingerprint density at radius 3 is 2.44 bits per heavy atom. The molecule has 0 heterocycles. The monoisotopic (exact) mass is 385 g/mol. The molecule has 0 radical (unpaired) electrons. The van der Waals surface area contributed by atoms with Gasteiger partial charge in [0.2, 0.25) is 11.8 Å². The Morgan fingerprint density at radius 2 is 1.85 bits per heavy atom. The fourth-order valence-electron chi connectivity index (χ4n) is 3.31. The quantitative estimate of drug-likeness (QED) is 0.700. The molecule has 1 fully saturated rings. The highest BCUT2D eigenvalue weighted by atomic mass is 19.4. The summed E-state index contributed by atoms with van der Waals surface area (Å²) >= 11 is 0. The average Bonchev–Trinajstić information content (AvgIpc) is 2.61. The zero-order valence-corrected chi connectivity index (χ0v) is 15.4. The summed E-state index contributed by atoms with van der Waals surface area (Å²) in [5, 5.41) is 5.29. The number of amides is 2. The van der Waals surface area contributed by atoms with Crippen LogP contribution < -0.4 is 16.4 Å². The molecule has 2 rings (SSSR count). The molecule has 0 aromatic heterocycles. The first-order valence-corrected chi connectivity index (χ1v) is 9.20. The van der Waals surface area contributed by atoms with E-state index < -0.39 is 23.7 Å². The number of carbonyl (C=O) groups is 2. The fraction of sp³-hybridized carbons (Fsp3) is 0.579. The van der Waals surface area contributed by atoms with Crippen LogP contribution in [0.25, 0.3) is 0 Å². The van der Waals surface area contributed by atoms with E-state index in [0.717, 1.165) is 44.2 Å². The number of alkyl halides is 3. The van der Waals surface area contributed by atoms with Crippen molar-refractivity contribution in [3.63, 3.8) is 0 Å². The number of rotatable bonds is 6. The first kappa shape index (κ1) is 21.2. The van der Waals surface area contributed by atoms with Crippen molar-refractivity contribution in [1.82, 2.24) is 5.32 Å². The summed E-state index contributed by atoms with van der Waals surface area (Å²) in [4.78, 5) is 24.4. The molecule has 0 saturated heterocycles. The molecule has 150 valence electrons. The van der Waals surface area contributed by atoms with Crippen LogP contribution in [-0.2, 0) is 22.3 Å². The number of hydrogen-bond acceptors (Lipinski definition) is 3. The van der Waals surface area contributed by atoms with Gasteiger partial charge in [-0.25, -0.2) is 0 Å². The molecule has 1 saturated carbocycles. The lowest BCUT2D eigenvalue weighted by Crippen LogP contribution is -2.39. The molecule has 1 aliphatic carbocycles. The fourth-order valence-corrected chi connectivity index (χ4v) is 3.31. The second-order valence-electron chi connectivity index (χ2n) is 7.12. The zero-order chi connectivity index (χ0) is 20.0. The predicted molar refractivity (Wildman–Crippen MR) is 96.8 cm³/mol. The van der Waals surface area contributed by atoms with Crippen molar-refractivity contribution in [1.29, 1.82) is 0 Å². The minimum absolute atomic E-state index is 0.0140. The Balaban J connectivity index is 1.93. The third kappa shape index (κ3) is 6.53. The van der Waals surface area contributed by atoms with Crippen molar-refractivity contribution in [2.45, 2.75) is 64.2 Å². The number of nitrogens with two attached hydrogens (primary N) is 1. The van der Waals surface area contributed by atoms with Crippen molar-refractivity contribution >= 4 is 17.5 Å². The molecule has 1 unspecified atom stereocenters. The van der Waals surface area contributed by atoms with Crippen LogP contribution in [0.4, 0.5) is 18.9 Å². The van der Waals surface area contributed by atoms with Gasteiger partial charge in [0.05, 0.1) is 5.56 Å². The lowest BCUT2D eigenvalue weighted by atomic mass is 9.88. The summed E-state index contributed by atoms with van der Waals surface area (Å²) in [5.74, 6) is -0.534. The summed E-state index contributed by atoms with van der Waals surface area (Å²) in [6.45, 7) is 1.64. The van der Waals surface area contributed by atoms with E-state index >= 15 is 0 Å². The summed E-state index contributed by atoms with van der Waals surface area (Å²) in [6.07, 6.45) is 0.383.